The molecule has 2 heterocycles. The highest BCUT2D eigenvalue weighted by Gasteiger charge is 2.58. The summed E-state index contributed by atoms with van der Waals surface area (Å²) in [6.07, 6.45) is 8.05. The van der Waals surface area contributed by atoms with Crippen LogP contribution >= 0.6 is 0 Å². The van der Waals surface area contributed by atoms with Gasteiger partial charge >= 0.3 is 0 Å². The molecule has 4 nitrogen and oxygen atoms in total. The van der Waals surface area contributed by atoms with E-state index in [4.69, 9.17) is 9.98 Å². The number of amidine groups is 2. The highest BCUT2D eigenvalue weighted by Crippen LogP contribution is 2.52. The first kappa shape index (κ1) is 46.6. The van der Waals surface area contributed by atoms with Crippen molar-refractivity contribution in [3.05, 3.63) is 193 Å². The number of benzene rings is 7. The van der Waals surface area contributed by atoms with Gasteiger partial charge in [0.1, 0.15) is 11.7 Å². The van der Waals surface area contributed by atoms with E-state index in [1.807, 2.05) is 0 Å². The van der Waals surface area contributed by atoms with Gasteiger partial charge in [-0.2, -0.15) is 0 Å². The van der Waals surface area contributed by atoms with Crippen LogP contribution in [0.15, 0.2) is 192 Å². The lowest BCUT2D eigenvalue weighted by atomic mass is 9.70. The second-order valence-electron chi connectivity index (χ2n) is 19.1. The third kappa shape index (κ3) is 7.61. The van der Waals surface area contributed by atoms with Gasteiger partial charge in [-0.15, -0.1) is 0 Å². The van der Waals surface area contributed by atoms with Crippen molar-refractivity contribution in [1.82, 2.24) is 0 Å². The molecule has 0 atom stereocenters. The van der Waals surface area contributed by atoms with Crippen LogP contribution in [0.5, 0.6) is 0 Å². The summed E-state index contributed by atoms with van der Waals surface area (Å²) >= 11 is 0. The van der Waals surface area contributed by atoms with Crippen LogP contribution in [0.4, 0.5) is 11.4 Å². The number of rotatable bonds is 16. The molecule has 9 rings (SSSR count). The molecule has 0 bridgehead atoms. The van der Waals surface area contributed by atoms with Gasteiger partial charge in [0.15, 0.2) is 0 Å². The summed E-state index contributed by atoms with van der Waals surface area (Å²) in [4.78, 5) is 16.7. The Balaban J connectivity index is 1.13. The molecular formula is C64H70N4. The van der Waals surface area contributed by atoms with Crippen molar-refractivity contribution in [2.75, 3.05) is 9.80 Å². The molecule has 0 aromatic heterocycles. The van der Waals surface area contributed by atoms with Crippen molar-refractivity contribution < 1.29 is 0 Å². The standard InChI is InChI=1S/C64H70N4/c1-9-61(10-2)63(13-5,14-6)67(57-28-22-18-23-29-57)59(65-61)52-40-36-50(37-41-52)55-44-54(49-34-32-48(33-35-49)47-26-20-17-21-27-47)45-56(46-55)51-38-42-53(43-39-51)60-66-62(11-3,12-4)64(15-7,16-8)68(60)58-30-24-19-25-31-58/h17-46H,9-16H2,1-8H3. The van der Waals surface area contributed by atoms with E-state index in [2.05, 4.69) is 247 Å². The van der Waals surface area contributed by atoms with Gasteiger partial charge in [0, 0.05) is 22.5 Å². The maximum atomic E-state index is 5.74. The molecule has 0 N–H and O–H groups in total. The lowest BCUT2D eigenvalue weighted by molar-refractivity contribution is 0.212. The summed E-state index contributed by atoms with van der Waals surface area (Å²) in [7, 11) is 0. The summed E-state index contributed by atoms with van der Waals surface area (Å²) in [6.45, 7) is 18.7. The van der Waals surface area contributed by atoms with Crippen LogP contribution in [0.1, 0.15) is 118 Å². The number of nitrogens with zero attached hydrogens (tertiary/aromatic N) is 4. The largest absolute Gasteiger partial charge is 0.318 e. The fraction of sp³-hybridized carbons (Fsp3) is 0.312. The Kier molecular flexibility index (Phi) is 13.2. The summed E-state index contributed by atoms with van der Waals surface area (Å²) in [5, 5.41) is 0. The molecule has 0 saturated heterocycles. The molecule has 2 aliphatic rings. The van der Waals surface area contributed by atoms with Crippen molar-refractivity contribution >= 4 is 23.0 Å². The predicted octanol–water partition coefficient (Wildman–Crippen LogP) is 17.1. The monoisotopic (exact) mass is 895 g/mol. The second kappa shape index (κ2) is 19.2. The molecule has 4 heteroatoms. The molecule has 0 amide bonds. The Labute approximate surface area is 407 Å². The highest BCUT2D eigenvalue weighted by molar-refractivity contribution is 6.14. The van der Waals surface area contributed by atoms with E-state index < -0.39 is 0 Å². The molecule has 7 aromatic rings. The van der Waals surface area contributed by atoms with Gasteiger partial charge < -0.3 is 9.80 Å². The van der Waals surface area contributed by atoms with Crippen LogP contribution in [-0.4, -0.2) is 33.8 Å². The van der Waals surface area contributed by atoms with Gasteiger partial charge in [-0.05, 0) is 138 Å². The van der Waals surface area contributed by atoms with Crippen molar-refractivity contribution in [3.8, 4) is 44.5 Å². The molecule has 0 aliphatic carbocycles. The first-order valence-corrected chi connectivity index (χ1v) is 25.6. The average molecular weight is 895 g/mol. The Morgan fingerprint density at radius 2 is 0.529 bits per heavy atom. The summed E-state index contributed by atoms with van der Waals surface area (Å²) < 4.78 is 0. The van der Waals surface area contributed by atoms with Crippen LogP contribution in [0.2, 0.25) is 0 Å². The number of para-hydroxylation sites is 2. The topological polar surface area (TPSA) is 31.2 Å². The molecule has 0 saturated carbocycles. The summed E-state index contributed by atoms with van der Waals surface area (Å²) in [5.41, 5.74) is 13.7. The van der Waals surface area contributed by atoms with Crippen molar-refractivity contribution in [3.63, 3.8) is 0 Å². The number of hydrogen-bond donors (Lipinski definition) is 0. The molecule has 0 fully saturated rings. The quantitative estimate of drug-likeness (QED) is 0.0968. The van der Waals surface area contributed by atoms with Gasteiger partial charge in [-0.3, -0.25) is 9.98 Å². The van der Waals surface area contributed by atoms with Crippen molar-refractivity contribution in [2.45, 2.75) is 129 Å². The van der Waals surface area contributed by atoms with E-state index in [9.17, 15) is 0 Å². The molecule has 0 radical (unpaired) electrons. The molecule has 0 unspecified atom stereocenters. The fourth-order valence-electron chi connectivity index (χ4n) is 12.6. The fourth-order valence-corrected chi connectivity index (χ4v) is 12.6. The molecule has 68 heavy (non-hydrogen) atoms. The zero-order valence-electron chi connectivity index (χ0n) is 41.8. The van der Waals surface area contributed by atoms with E-state index in [0.717, 1.165) is 74.2 Å². The Morgan fingerprint density at radius 3 is 0.809 bits per heavy atom. The van der Waals surface area contributed by atoms with Gasteiger partial charge in [0.05, 0.1) is 22.2 Å². The first-order valence-electron chi connectivity index (χ1n) is 25.6. The third-order valence-electron chi connectivity index (χ3n) is 16.6. The summed E-state index contributed by atoms with van der Waals surface area (Å²) in [6, 6.07) is 67.1. The van der Waals surface area contributed by atoms with Crippen LogP contribution in [0.25, 0.3) is 44.5 Å². The molecule has 7 aromatic carbocycles. The normalized spacial score (nSPS) is 16.7. The minimum Gasteiger partial charge on any atom is -0.318 e. The number of aliphatic imine (C=N–C) groups is 2. The van der Waals surface area contributed by atoms with Crippen LogP contribution < -0.4 is 9.80 Å². The first-order chi connectivity index (χ1) is 33.2. The van der Waals surface area contributed by atoms with Gasteiger partial charge in [0.2, 0.25) is 0 Å². The van der Waals surface area contributed by atoms with E-state index in [0.29, 0.717) is 0 Å². The predicted molar refractivity (Wildman–Crippen MR) is 292 cm³/mol. The van der Waals surface area contributed by atoms with E-state index in [-0.39, 0.29) is 22.2 Å². The maximum absolute atomic E-state index is 5.74. The molecule has 346 valence electrons. The lowest BCUT2D eigenvalue weighted by Gasteiger charge is -2.48. The SMILES string of the molecule is CCC1(CC)N=C(c2ccc(-c3cc(-c4ccc(C5=NC(CC)(CC)C(CC)(CC)N5c5ccccc5)cc4)cc(-c4ccc(-c5ccccc5)cc4)c3)cc2)N(c2ccccc2)C1(CC)CC. The van der Waals surface area contributed by atoms with E-state index in [1.54, 1.807) is 0 Å². The van der Waals surface area contributed by atoms with Crippen molar-refractivity contribution in [1.29, 1.82) is 0 Å². The zero-order valence-corrected chi connectivity index (χ0v) is 41.8. The Morgan fingerprint density at radius 1 is 0.279 bits per heavy atom. The van der Waals surface area contributed by atoms with Crippen LogP contribution in [0, 0.1) is 0 Å². The highest BCUT2D eigenvalue weighted by atomic mass is 15.4. The third-order valence-corrected chi connectivity index (χ3v) is 16.6. The second-order valence-corrected chi connectivity index (χ2v) is 19.1. The Hall–Kier alpha value is -6.52. The average Bonchev–Trinajstić information content (AvgIpc) is 3.90. The molecule has 0 spiro atoms. The van der Waals surface area contributed by atoms with Crippen molar-refractivity contribution in [2.24, 2.45) is 9.98 Å². The van der Waals surface area contributed by atoms with Crippen LogP contribution in [-0.2, 0) is 0 Å². The minimum absolute atomic E-state index is 0.116. The zero-order chi connectivity index (χ0) is 47.5. The van der Waals surface area contributed by atoms with E-state index >= 15 is 0 Å². The minimum atomic E-state index is -0.177. The molecule has 2 aliphatic heterocycles. The number of anilines is 2. The Bertz CT molecular complexity index is 2690. The maximum Gasteiger partial charge on any atom is 0.136 e. The van der Waals surface area contributed by atoms with Gasteiger partial charge in [-0.25, -0.2) is 0 Å². The lowest BCUT2D eigenvalue weighted by Crippen LogP contribution is -2.59. The number of hydrogen-bond acceptors (Lipinski definition) is 4. The smallest absolute Gasteiger partial charge is 0.136 e. The van der Waals surface area contributed by atoms with Crippen LogP contribution in [0.3, 0.4) is 0 Å². The summed E-state index contributed by atoms with van der Waals surface area (Å²) in [5.74, 6) is 2.15. The van der Waals surface area contributed by atoms with E-state index in [1.165, 1.54) is 55.9 Å². The molecular weight excluding hydrogens is 825 g/mol. The van der Waals surface area contributed by atoms with Gasteiger partial charge in [0.25, 0.3) is 0 Å². The van der Waals surface area contributed by atoms with Gasteiger partial charge in [-0.1, -0.05) is 195 Å².